The Balaban J connectivity index is 3.28. The molecule has 0 bridgehead atoms. The van der Waals surface area contributed by atoms with Gasteiger partial charge in [-0.2, -0.15) is 0 Å². The monoisotopic (exact) mass is 298 g/mol. The summed E-state index contributed by atoms with van der Waals surface area (Å²) in [6.07, 6.45) is 1.66. The number of ether oxygens (including phenoxy) is 1. The Morgan fingerprint density at radius 1 is 1.59 bits per heavy atom. The van der Waals surface area contributed by atoms with Gasteiger partial charge < -0.3 is 9.30 Å². The number of carbonyl (C=O) groups excluding carboxylic acids is 1. The van der Waals surface area contributed by atoms with Gasteiger partial charge in [0.2, 0.25) is 5.69 Å². The van der Waals surface area contributed by atoms with Crippen LogP contribution in [0, 0.1) is 12.0 Å². The van der Waals surface area contributed by atoms with E-state index >= 15 is 0 Å². The molecule has 0 saturated heterocycles. The van der Waals surface area contributed by atoms with Crippen molar-refractivity contribution < 1.29 is 9.53 Å². The number of esters is 1. The van der Waals surface area contributed by atoms with Gasteiger partial charge >= 0.3 is 5.97 Å². The molecule has 0 aliphatic carbocycles. The van der Waals surface area contributed by atoms with Crippen LogP contribution in [0.4, 0.5) is 5.69 Å². The van der Waals surface area contributed by atoms with Gasteiger partial charge in [0, 0.05) is 6.20 Å². The first-order valence-corrected chi connectivity index (χ1v) is 5.93. The molecule has 1 atom stereocenters. The third kappa shape index (κ3) is 2.89. The van der Waals surface area contributed by atoms with Crippen molar-refractivity contribution in [2.24, 2.45) is 5.41 Å². The van der Waals surface area contributed by atoms with Crippen LogP contribution < -0.4 is 0 Å². The summed E-state index contributed by atoms with van der Waals surface area (Å²) in [5, 5.41) is 0. The number of nitrogens with zero attached hydrogens (tertiary/aromatic N) is 2. The molecule has 0 saturated carbocycles. The Labute approximate surface area is 110 Å². The Hall–Kier alpha value is -1.28. The number of carbonyl (C=O) groups is 1. The molecule has 1 unspecified atom stereocenters. The SMILES string of the molecule is [C-]#[N+]c1cc(Br)n(C(C(=O)OC)C(C)(C)C)c1. The molecule has 4 nitrogen and oxygen atoms in total. The molecule has 0 radical (unpaired) electrons. The average molecular weight is 299 g/mol. The molecule has 0 N–H and O–H groups in total. The first-order valence-electron chi connectivity index (χ1n) is 5.14. The highest BCUT2D eigenvalue weighted by Crippen LogP contribution is 2.36. The van der Waals surface area contributed by atoms with Crippen LogP contribution in [0.1, 0.15) is 26.8 Å². The van der Waals surface area contributed by atoms with Crippen LogP contribution in [0.3, 0.4) is 0 Å². The summed E-state index contributed by atoms with van der Waals surface area (Å²) in [5.74, 6) is -0.315. The number of halogens is 1. The fraction of sp³-hybridized carbons (Fsp3) is 0.500. The van der Waals surface area contributed by atoms with Crippen LogP contribution in [0.2, 0.25) is 0 Å². The fourth-order valence-electron chi connectivity index (χ4n) is 1.69. The highest BCUT2D eigenvalue weighted by atomic mass is 79.9. The smallest absolute Gasteiger partial charge is 0.329 e. The van der Waals surface area contributed by atoms with Gasteiger partial charge in [-0.25, -0.2) is 9.64 Å². The quantitative estimate of drug-likeness (QED) is 0.618. The average Bonchev–Trinajstić information content (AvgIpc) is 2.58. The maximum absolute atomic E-state index is 11.9. The van der Waals surface area contributed by atoms with Crippen molar-refractivity contribution in [3.63, 3.8) is 0 Å². The van der Waals surface area contributed by atoms with Crippen LogP contribution in [0.5, 0.6) is 0 Å². The van der Waals surface area contributed by atoms with Gasteiger partial charge in [-0.3, -0.25) is 0 Å². The summed E-state index contributed by atoms with van der Waals surface area (Å²) < 4.78 is 7.27. The lowest BCUT2D eigenvalue weighted by molar-refractivity contribution is -0.148. The first kappa shape index (κ1) is 13.8. The molecule has 17 heavy (non-hydrogen) atoms. The van der Waals surface area contributed by atoms with Crippen molar-refractivity contribution in [1.82, 2.24) is 4.57 Å². The van der Waals surface area contributed by atoms with Gasteiger partial charge in [-0.05, 0) is 27.4 Å². The normalized spacial score (nSPS) is 12.9. The molecule has 1 aromatic heterocycles. The van der Waals surface area contributed by atoms with Gasteiger partial charge in [0.1, 0.15) is 6.04 Å². The molecule has 1 heterocycles. The van der Waals surface area contributed by atoms with Crippen LogP contribution in [-0.2, 0) is 9.53 Å². The molecule has 0 fully saturated rings. The third-order valence-electron chi connectivity index (χ3n) is 2.44. The molecular weight excluding hydrogens is 284 g/mol. The van der Waals surface area contributed by atoms with Crippen molar-refractivity contribution in [1.29, 1.82) is 0 Å². The van der Waals surface area contributed by atoms with E-state index in [-0.39, 0.29) is 11.4 Å². The van der Waals surface area contributed by atoms with E-state index in [9.17, 15) is 4.79 Å². The molecule has 0 aliphatic heterocycles. The van der Waals surface area contributed by atoms with Crippen LogP contribution in [-0.4, -0.2) is 17.6 Å². The number of aromatic nitrogens is 1. The summed E-state index contributed by atoms with van der Waals surface area (Å²) in [5.41, 5.74) is 0.198. The van der Waals surface area contributed by atoms with E-state index in [0.717, 1.165) is 0 Å². The zero-order valence-corrected chi connectivity index (χ0v) is 11.9. The zero-order chi connectivity index (χ0) is 13.2. The highest BCUT2D eigenvalue weighted by Gasteiger charge is 2.34. The number of methoxy groups -OCH3 is 1. The Morgan fingerprint density at radius 2 is 2.18 bits per heavy atom. The van der Waals surface area contributed by atoms with E-state index in [2.05, 4.69) is 20.8 Å². The maximum atomic E-state index is 11.9. The van der Waals surface area contributed by atoms with E-state index in [4.69, 9.17) is 11.3 Å². The summed E-state index contributed by atoms with van der Waals surface area (Å²) >= 11 is 3.36. The van der Waals surface area contributed by atoms with E-state index in [1.807, 2.05) is 20.8 Å². The predicted molar refractivity (Wildman–Crippen MR) is 68.9 cm³/mol. The third-order valence-corrected chi connectivity index (χ3v) is 3.08. The summed E-state index contributed by atoms with van der Waals surface area (Å²) in [7, 11) is 1.37. The Morgan fingerprint density at radius 3 is 2.53 bits per heavy atom. The van der Waals surface area contributed by atoms with Gasteiger partial charge in [-0.1, -0.05) is 20.8 Å². The van der Waals surface area contributed by atoms with Crippen molar-refractivity contribution in [2.75, 3.05) is 7.11 Å². The van der Waals surface area contributed by atoms with Crippen LogP contribution in [0.15, 0.2) is 16.9 Å². The van der Waals surface area contributed by atoms with E-state index in [1.165, 1.54) is 7.11 Å². The highest BCUT2D eigenvalue weighted by molar-refractivity contribution is 9.10. The lowest BCUT2D eigenvalue weighted by Crippen LogP contribution is -2.32. The topological polar surface area (TPSA) is 35.6 Å². The number of hydrogen-bond acceptors (Lipinski definition) is 2. The van der Waals surface area contributed by atoms with Crippen molar-refractivity contribution in [3.8, 4) is 0 Å². The van der Waals surface area contributed by atoms with Crippen LogP contribution >= 0.6 is 15.9 Å². The minimum Gasteiger partial charge on any atom is -0.467 e. The molecule has 5 heteroatoms. The predicted octanol–water partition coefficient (Wildman–Crippen LogP) is 3.56. The Kier molecular flexibility index (Phi) is 3.99. The van der Waals surface area contributed by atoms with Gasteiger partial charge in [0.05, 0.1) is 18.3 Å². The molecule has 0 aliphatic rings. The van der Waals surface area contributed by atoms with E-state index in [0.29, 0.717) is 10.3 Å². The summed E-state index contributed by atoms with van der Waals surface area (Å²) in [4.78, 5) is 15.2. The van der Waals surface area contributed by atoms with E-state index < -0.39 is 6.04 Å². The first-order chi connectivity index (χ1) is 7.81. The molecule has 1 aromatic rings. The second kappa shape index (κ2) is 4.92. The molecule has 0 amide bonds. The lowest BCUT2D eigenvalue weighted by atomic mass is 9.86. The van der Waals surface area contributed by atoms with Crippen LogP contribution in [0.25, 0.3) is 4.85 Å². The minimum absolute atomic E-state index is 0.298. The van der Waals surface area contributed by atoms with Crippen molar-refractivity contribution >= 4 is 27.6 Å². The Bertz CT molecular complexity index is 466. The summed E-state index contributed by atoms with van der Waals surface area (Å²) in [6, 6.07) is 1.23. The lowest BCUT2D eigenvalue weighted by Gasteiger charge is -2.30. The molecule has 0 aromatic carbocycles. The second-order valence-corrected chi connectivity index (χ2v) is 5.64. The maximum Gasteiger partial charge on any atom is 0.329 e. The standard InChI is InChI=1S/C12H15BrN2O2/c1-12(2,3)10(11(16)17-5)15-7-8(14-4)6-9(15)13/h6-7,10H,1-3,5H3. The van der Waals surface area contributed by atoms with Gasteiger partial charge in [0.15, 0.2) is 0 Å². The second-order valence-electron chi connectivity index (χ2n) is 4.83. The molecular formula is C12H15BrN2O2. The van der Waals surface area contributed by atoms with E-state index in [1.54, 1.807) is 16.8 Å². The van der Waals surface area contributed by atoms with Crippen molar-refractivity contribution in [3.05, 3.63) is 28.3 Å². The summed E-state index contributed by atoms with van der Waals surface area (Å²) in [6.45, 7) is 12.8. The fourth-order valence-corrected chi connectivity index (χ4v) is 2.23. The largest absolute Gasteiger partial charge is 0.467 e. The van der Waals surface area contributed by atoms with Gasteiger partial charge in [-0.15, -0.1) is 0 Å². The number of rotatable bonds is 2. The van der Waals surface area contributed by atoms with Gasteiger partial charge in [0.25, 0.3) is 0 Å². The molecule has 92 valence electrons. The molecule has 1 rings (SSSR count). The molecule has 0 spiro atoms. The zero-order valence-electron chi connectivity index (χ0n) is 10.3. The minimum atomic E-state index is -0.461. The van der Waals surface area contributed by atoms with Crippen molar-refractivity contribution in [2.45, 2.75) is 26.8 Å². The number of hydrogen-bond donors (Lipinski definition) is 0.